The van der Waals surface area contributed by atoms with Crippen molar-refractivity contribution in [2.45, 2.75) is 19.7 Å². The Hall–Kier alpha value is -2.23. The highest BCUT2D eigenvalue weighted by Gasteiger charge is 2.32. The van der Waals surface area contributed by atoms with Gasteiger partial charge in [-0.1, -0.05) is 0 Å². The van der Waals surface area contributed by atoms with Crippen molar-refractivity contribution >= 4 is 5.97 Å². The van der Waals surface area contributed by atoms with E-state index in [9.17, 15) is 18.0 Å². The van der Waals surface area contributed by atoms with E-state index < -0.39 is 24.5 Å². The van der Waals surface area contributed by atoms with Gasteiger partial charge in [0.05, 0.1) is 24.7 Å². The molecule has 0 spiro atoms. The molecule has 102 valence electrons. The van der Waals surface area contributed by atoms with Crippen molar-refractivity contribution < 1.29 is 27.4 Å². The van der Waals surface area contributed by atoms with Gasteiger partial charge in [-0.05, 0) is 25.1 Å². The van der Waals surface area contributed by atoms with Gasteiger partial charge in [0.1, 0.15) is 5.75 Å². The summed E-state index contributed by atoms with van der Waals surface area (Å²) in [4.78, 5) is 11.3. The number of nitriles is 1. The van der Waals surface area contributed by atoms with Crippen LogP contribution in [-0.2, 0) is 16.0 Å². The number of halogens is 3. The summed E-state index contributed by atoms with van der Waals surface area (Å²) >= 11 is 0. The number of carbonyl (C=O) groups is 1. The largest absolute Gasteiger partial charge is 0.573 e. The molecule has 0 aliphatic rings. The van der Waals surface area contributed by atoms with Gasteiger partial charge in [-0.25, -0.2) is 0 Å². The van der Waals surface area contributed by atoms with Gasteiger partial charge in [0.15, 0.2) is 0 Å². The van der Waals surface area contributed by atoms with E-state index in [1.165, 1.54) is 6.07 Å². The first-order valence-corrected chi connectivity index (χ1v) is 5.30. The maximum atomic E-state index is 12.2. The van der Waals surface area contributed by atoms with Crippen LogP contribution in [0, 0.1) is 11.3 Å². The van der Waals surface area contributed by atoms with Crippen LogP contribution >= 0.6 is 0 Å². The van der Waals surface area contributed by atoms with Crippen molar-refractivity contribution in [2.75, 3.05) is 6.61 Å². The van der Waals surface area contributed by atoms with Gasteiger partial charge >= 0.3 is 12.3 Å². The molecule has 0 atom stereocenters. The van der Waals surface area contributed by atoms with Gasteiger partial charge in [0, 0.05) is 5.56 Å². The summed E-state index contributed by atoms with van der Waals surface area (Å²) in [6.07, 6.45) is -5.26. The van der Waals surface area contributed by atoms with Crippen molar-refractivity contribution in [1.29, 1.82) is 5.26 Å². The summed E-state index contributed by atoms with van der Waals surface area (Å²) in [6, 6.07) is 5.12. The molecular formula is C12H10F3NO3. The minimum absolute atomic E-state index is 0.0465. The molecule has 0 aliphatic carbocycles. The molecule has 0 saturated carbocycles. The second-order valence-electron chi connectivity index (χ2n) is 3.46. The van der Waals surface area contributed by atoms with Crippen molar-refractivity contribution in [3.05, 3.63) is 29.3 Å². The lowest BCUT2D eigenvalue weighted by Gasteiger charge is -2.13. The highest BCUT2D eigenvalue weighted by Crippen LogP contribution is 2.27. The Balaban J connectivity index is 3.03. The Morgan fingerprint density at radius 2 is 2.11 bits per heavy atom. The molecule has 19 heavy (non-hydrogen) atoms. The van der Waals surface area contributed by atoms with Crippen molar-refractivity contribution in [3.63, 3.8) is 0 Å². The van der Waals surface area contributed by atoms with Gasteiger partial charge in [-0.3, -0.25) is 4.79 Å². The van der Waals surface area contributed by atoms with E-state index in [0.29, 0.717) is 0 Å². The third-order valence-electron chi connectivity index (χ3n) is 2.06. The molecule has 0 N–H and O–H groups in total. The normalized spacial score (nSPS) is 10.7. The quantitative estimate of drug-likeness (QED) is 0.791. The van der Waals surface area contributed by atoms with Gasteiger partial charge < -0.3 is 9.47 Å². The van der Waals surface area contributed by atoms with Gasteiger partial charge in [0.25, 0.3) is 0 Å². The zero-order valence-corrected chi connectivity index (χ0v) is 9.95. The van der Waals surface area contributed by atoms with Crippen molar-refractivity contribution in [1.82, 2.24) is 0 Å². The average molecular weight is 273 g/mol. The molecule has 1 rings (SSSR count). The van der Waals surface area contributed by atoms with Crippen LogP contribution < -0.4 is 4.74 Å². The molecule has 0 fully saturated rings. The number of hydrogen-bond donors (Lipinski definition) is 0. The van der Waals surface area contributed by atoms with E-state index in [2.05, 4.69) is 9.47 Å². The summed E-state index contributed by atoms with van der Waals surface area (Å²) < 4.78 is 45.0. The van der Waals surface area contributed by atoms with E-state index in [1.807, 2.05) is 0 Å². The minimum atomic E-state index is -4.86. The van der Waals surface area contributed by atoms with E-state index in [-0.39, 0.29) is 17.7 Å². The average Bonchev–Trinajstić information content (AvgIpc) is 2.30. The highest BCUT2D eigenvalue weighted by molar-refractivity contribution is 5.73. The van der Waals surface area contributed by atoms with E-state index in [1.54, 1.807) is 13.0 Å². The molecule has 0 saturated heterocycles. The fourth-order valence-corrected chi connectivity index (χ4v) is 1.38. The molecule has 4 nitrogen and oxygen atoms in total. The van der Waals surface area contributed by atoms with Crippen molar-refractivity contribution in [2.24, 2.45) is 0 Å². The number of benzene rings is 1. The van der Waals surface area contributed by atoms with E-state index >= 15 is 0 Å². The Kier molecular flexibility index (Phi) is 4.75. The number of carbonyl (C=O) groups excluding carboxylic acids is 1. The molecule has 0 aromatic heterocycles. The Bertz CT molecular complexity index is 506. The fraction of sp³-hybridized carbons (Fsp3) is 0.333. The number of esters is 1. The van der Waals surface area contributed by atoms with Crippen LogP contribution in [0.2, 0.25) is 0 Å². The zero-order chi connectivity index (χ0) is 14.5. The zero-order valence-electron chi connectivity index (χ0n) is 9.95. The van der Waals surface area contributed by atoms with Crippen LogP contribution in [0.25, 0.3) is 0 Å². The predicted molar refractivity (Wildman–Crippen MR) is 58.2 cm³/mol. The smallest absolute Gasteiger partial charge is 0.466 e. The minimum Gasteiger partial charge on any atom is -0.466 e. The maximum Gasteiger partial charge on any atom is 0.573 e. The molecule has 1 aromatic rings. The highest BCUT2D eigenvalue weighted by atomic mass is 19.4. The summed E-state index contributed by atoms with van der Waals surface area (Å²) in [5, 5.41) is 8.69. The molecule has 1 aromatic carbocycles. The van der Waals surface area contributed by atoms with E-state index in [0.717, 1.165) is 12.1 Å². The van der Waals surface area contributed by atoms with Crippen LogP contribution in [0.1, 0.15) is 18.1 Å². The monoisotopic (exact) mass is 273 g/mol. The molecule has 7 heteroatoms. The predicted octanol–water partition coefficient (Wildman–Crippen LogP) is 2.56. The summed E-state index contributed by atoms with van der Waals surface area (Å²) in [5.74, 6) is -1.20. The number of rotatable bonds is 4. The number of ether oxygens (including phenoxy) is 2. The third-order valence-corrected chi connectivity index (χ3v) is 2.06. The molecule has 0 amide bonds. The lowest BCUT2D eigenvalue weighted by molar-refractivity contribution is -0.274. The van der Waals surface area contributed by atoms with Crippen LogP contribution in [0.5, 0.6) is 5.75 Å². The van der Waals surface area contributed by atoms with Gasteiger partial charge in [-0.2, -0.15) is 5.26 Å². The topological polar surface area (TPSA) is 59.3 Å². The van der Waals surface area contributed by atoms with Gasteiger partial charge in [-0.15, -0.1) is 13.2 Å². The fourth-order valence-electron chi connectivity index (χ4n) is 1.38. The summed E-state index contributed by atoms with van der Waals surface area (Å²) in [7, 11) is 0. The van der Waals surface area contributed by atoms with Crippen LogP contribution in [0.15, 0.2) is 18.2 Å². The number of alkyl halides is 3. The Morgan fingerprint density at radius 3 is 2.63 bits per heavy atom. The number of nitrogens with zero attached hydrogens (tertiary/aromatic N) is 1. The first kappa shape index (κ1) is 14.8. The molecular weight excluding hydrogens is 263 g/mol. The standard InChI is InChI=1S/C12H10F3NO3/c1-2-18-11(17)6-9-5-8(7-16)3-4-10(9)19-12(13,14)15/h3-5H,2,6H2,1H3. The number of hydrogen-bond acceptors (Lipinski definition) is 4. The lowest BCUT2D eigenvalue weighted by Crippen LogP contribution is -2.19. The van der Waals surface area contributed by atoms with Gasteiger partial charge in [0.2, 0.25) is 0 Å². The molecule has 0 unspecified atom stereocenters. The molecule has 0 bridgehead atoms. The Morgan fingerprint density at radius 1 is 1.42 bits per heavy atom. The molecule has 0 heterocycles. The van der Waals surface area contributed by atoms with Crippen LogP contribution in [0.4, 0.5) is 13.2 Å². The summed E-state index contributed by atoms with van der Waals surface area (Å²) in [6.45, 7) is 1.70. The first-order chi connectivity index (χ1) is 8.85. The van der Waals surface area contributed by atoms with Crippen LogP contribution in [-0.4, -0.2) is 18.9 Å². The summed E-state index contributed by atoms with van der Waals surface area (Å²) in [5.41, 5.74) is 0.0867. The van der Waals surface area contributed by atoms with Crippen LogP contribution in [0.3, 0.4) is 0 Å². The first-order valence-electron chi connectivity index (χ1n) is 5.30. The SMILES string of the molecule is CCOC(=O)Cc1cc(C#N)ccc1OC(F)(F)F. The maximum absolute atomic E-state index is 12.2. The van der Waals surface area contributed by atoms with E-state index in [4.69, 9.17) is 5.26 Å². The second kappa shape index (κ2) is 6.09. The third kappa shape index (κ3) is 4.87. The molecule has 0 aliphatic heterocycles. The van der Waals surface area contributed by atoms with Crippen molar-refractivity contribution in [3.8, 4) is 11.8 Å². The molecule has 0 radical (unpaired) electrons. The lowest BCUT2D eigenvalue weighted by atomic mass is 10.1. The second-order valence-corrected chi connectivity index (χ2v) is 3.46. The Labute approximate surface area is 107 Å².